The van der Waals surface area contributed by atoms with Crippen molar-refractivity contribution in [3.8, 4) is 0 Å². The van der Waals surface area contributed by atoms with Crippen molar-refractivity contribution < 1.29 is 22.4 Å². The summed E-state index contributed by atoms with van der Waals surface area (Å²) >= 11 is 0. The van der Waals surface area contributed by atoms with Crippen LogP contribution in [-0.2, 0) is 4.79 Å². The first-order valence-electron chi connectivity index (χ1n) is 4.60. The smallest absolute Gasteiger partial charge is 0.224 e. The molecule has 16 heavy (non-hydrogen) atoms. The number of carbonyl (C=O) groups excluding carboxylic acids is 1. The molecule has 0 radical (unpaired) electrons. The summed E-state index contributed by atoms with van der Waals surface area (Å²) in [4.78, 5) is 11.1. The molecule has 0 saturated carbocycles. The third-order valence-electron chi connectivity index (χ3n) is 1.85. The predicted molar refractivity (Wildman–Crippen MR) is 49.8 cm³/mol. The van der Waals surface area contributed by atoms with Crippen LogP contribution in [0.5, 0.6) is 0 Å². The highest BCUT2D eigenvalue weighted by Crippen LogP contribution is 2.24. The molecular weight excluding hydrogens is 226 g/mol. The number of nitrogens with one attached hydrogen (secondary N) is 1. The lowest BCUT2D eigenvalue weighted by Gasteiger charge is -2.08. The van der Waals surface area contributed by atoms with Gasteiger partial charge >= 0.3 is 0 Å². The minimum absolute atomic E-state index is 0.0109. The minimum atomic E-state index is -1.61. The second kappa shape index (κ2) is 4.96. The van der Waals surface area contributed by atoms with Gasteiger partial charge in [0.15, 0.2) is 23.3 Å². The predicted octanol–water partition coefficient (Wildman–Crippen LogP) is 2.98. The van der Waals surface area contributed by atoms with E-state index < -0.39 is 34.9 Å². The van der Waals surface area contributed by atoms with E-state index in [4.69, 9.17) is 0 Å². The fourth-order valence-corrected chi connectivity index (χ4v) is 1.11. The van der Waals surface area contributed by atoms with Gasteiger partial charge in [-0.3, -0.25) is 4.79 Å². The van der Waals surface area contributed by atoms with Gasteiger partial charge in [0.25, 0.3) is 0 Å². The first-order valence-corrected chi connectivity index (χ1v) is 4.60. The molecule has 0 atom stereocenters. The van der Waals surface area contributed by atoms with Crippen molar-refractivity contribution in [2.75, 3.05) is 5.32 Å². The van der Waals surface area contributed by atoms with E-state index in [-0.39, 0.29) is 12.5 Å². The molecule has 0 unspecified atom stereocenters. The molecule has 0 aliphatic rings. The molecule has 0 aromatic heterocycles. The van der Waals surface area contributed by atoms with E-state index in [0.717, 1.165) is 0 Å². The van der Waals surface area contributed by atoms with E-state index in [9.17, 15) is 22.4 Å². The highest BCUT2D eigenvalue weighted by atomic mass is 19.2. The Hall–Kier alpha value is -1.59. The number of anilines is 1. The Kier molecular flexibility index (Phi) is 3.87. The summed E-state index contributed by atoms with van der Waals surface area (Å²) in [5.74, 6) is -7.02. The van der Waals surface area contributed by atoms with Crippen molar-refractivity contribution in [1.82, 2.24) is 0 Å². The maximum atomic E-state index is 13.0. The fourth-order valence-electron chi connectivity index (χ4n) is 1.11. The number of benzene rings is 1. The van der Waals surface area contributed by atoms with E-state index in [1.807, 2.05) is 0 Å². The molecule has 6 heteroatoms. The highest BCUT2D eigenvalue weighted by Gasteiger charge is 2.20. The second-order valence-electron chi connectivity index (χ2n) is 3.14. The van der Waals surface area contributed by atoms with Gasteiger partial charge in [-0.25, -0.2) is 17.6 Å². The van der Waals surface area contributed by atoms with Crippen molar-refractivity contribution in [3.05, 3.63) is 29.3 Å². The molecular formula is C10H9F4NO. The van der Waals surface area contributed by atoms with Crippen molar-refractivity contribution in [1.29, 1.82) is 0 Å². The SMILES string of the molecule is CCCC(=O)Nc1c(F)c(F)cc(F)c1F. The maximum Gasteiger partial charge on any atom is 0.224 e. The van der Waals surface area contributed by atoms with Crippen molar-refractivity contribution in [2.45, 2.75) is 19.8 Å². The van der Waals surface area contributed by atoms with E-state index in [2.05, 4.69) is 0 Å². The molecule has 0 fully saturated rings. The number of hydrogen-bond donors (Lipinski definition) is 1. The van der Waals surface area contributed by atoms with Gasteiger partial charge in [-0.05, 0) is 6.42 Å². The summed E-state index contributed by atoms with van der Waals surface area (Å²) in [5.41, 5.74) is -1.09. The average molecular weight is 235 g/mol. The van der Waals surface area contributed by atoms with E-state index >= 15 is 0 Å². The largest absolute Gasteiger partial charge is 0.321 e. The van der Waals surface area contributed by atoms with Gasteiger partial charge in [0, 0.05) is 12.5 Å². The molecule has 0 heterocycles. The lowest BCUT2D eigenvalue weighted by molar-refractivity contribution is -0.116. The molecule has 0 bridgehead atoms. The second-order valence-corrected chi connectivity index (χ2v) is 3.14. The van der Waals surface area contributed by atoms with Crippen LogP contribution < -0.4 is 5.32 Å². The van der Waals surface area contributed by atoms with Gasteiger partial charge in [0.2, 0.25) is 5.91 Å². The molecule has 2 nitrogen and oxygen atoms in total. The number of halogens is 4. The molecule has 0 spiro atoms. The van der Waals surface area contributed by atoms with E-state index in [1.54, 1.807) is 12.2 Å². The summed E-state index contributed by atoms with van der Waals surface area (Å²) < 4.78 is 51.5. The summed E-state index contributed by atoms with van der Waals surface area (Å²) in [6.45, 7) is 1.68. The van der Waals surface area contributed by atoms with E-state index in [1.165, 1.54) is 0 Å². The Morgan fingerprint density at radius 1 is 1.19 bits per heavy atom. The normalized spacial score (nSPS) is 10.3. The molecule has 0 aliphatic heterocycles. The Bertz CT molecular complexity index is 394. The third-order valence-corrected chi connectivity index (χ3v) is 1.85. The van der Waals surface area contributed by atoms with Gasteiger partial charge in [-0.15, -0.1) is 0 Å². The standard InChI is InChI=1S/C10H9F4NO/c1-2-3-7(16)15-10-8(13)5(11)4-6(12)9(10)14/h4H,2-3H2,1H3,(H,15,16). The van der Waals surface area contributed by atoms with Gasteiger partial charge in [-0.2, -0.15) is 0 Å². The van der Waals surface area contributed by atoms with Gasteiger partial charge in [0.1, 0.15) is 5.69 Å². The number of carbonyl (C=O) groups is 1. The number of hydrogen-bond acceptors (Lipinski definition) is 1. The highest BCUT2D eigenvalue weighted by molar-refractivity contribution is 5.90. The zero-order chi connectivity index (χ0) is 12.3. The van der Waals surface area contributed by atoms with Crippen molar-refractivity contribution >= 4 is 11.6 Å². The van der Waals surface area contributed by atoms with Crippen LogP contribution in [0, 0.1) is 23.3 Å². The first kappa shape index (κ1) is 12.5. The molecule has 0 saturated heterocycles. The number of rotatable bonds is 3. The average Bonchev–Trinajstić information content (AvgIpc) is 2.22. The molecule has 1 N–H and O–H groups in total. The fraction of sp³-hybridized carbons (Fsp3) is 0.300. The zero-order valence-electron chi connectivity index (χ0n) is 8.41. The van der Waals surface area contributed by atoms with Crippen LogP contribution in [0.25, 0.3) is 0 Å². The van der Waals surface area contributed by atoms with Gasteiger partial charge in [-0.1, -0.05) is 6.92 Å². The van der Waals surface area contributed by atoms with Crippen LogP contribution in [0.3, 0.4) is 0 Å². The molecule has 88 valence electrons. The van der Waals surface area contributed by atoms with Crippen LogP contribution in [0.4, 0.5) is 23.2 Å². The summed E-state index contributed by atoms with van der Waals surface area (Å²) in [5, 5.41) is 1.79. The lowest BCUT2D eigenvalue weighted by atomic mass is 10.2. The van der Waals surface area contributed by atoms with Crippen LogP contribution in [-0.4, -0.2) is 5.91 Å². The van der Waals surface area contributed by atoms with Crippen molar-refractivity contribution in [2.24, 2.45) is 0 Å². The van der Waals surface area contributed by atoms with Crippen LogP contribution in [0.1, 0.15) is 19.8 Å². The van der Waals surface area contributed by atoms with E-state index in [0.29, 0.717) is 6.42 Å². The molecule has 1 amide bonds. The van der Waals surface area contributed by atoms with Gasteiger partial charge < -0.3 is 5.32 Å². The Labute approximate surface area is 89.3 Å². The minimum Gasteiger partial charge on any atom is -0.321 e. The molecule has 0 aliphatic carbocycles. The summed E-state index contributed by atoms with van der Waals surface area (Å²) in [7, 11) is 0. The Morgan fingerprint density at radius 2 is 1.69 bits per heavy atom. The summed E-state index contributed by atoms with van der Waals surface area (Å²) in [6.07, 6.45) is 0.462. The Balaban J connectivity index is 3.07. The topological polar surface area (TPSA) is 29.1 Å². The van der Waals surface area contributed by atoms with Crippen LogP contribution in [0.2, 0.25) is 0 Å². The molecule has 1 aromatic rings. The summed E-state index contributed by atoms with van der Waals surface area (Å²) in [6, 6.07) is 0.0835. The Morgan fingerprint density at radius 3 is 2.12 bits per heavy atom. The van der Waals surface area contributed by atoms with Crippen LogP contribution >= 0.6 is 0 Å². The quantitative estimate of drug-likeness (QED) is 0.633. The monoisotopic (exact) mass is 235 g/mol. The number of amides is 1. The first-order chi connectivity index (χ1) is 7.47. The van der Waals surface area contributed by atoms with Gasteiger partial charge in [0.05, 0.1) is 0 Å². The van der Waals surface area contributed by atoms with Crippen molar-refractivity contribution in [3.63, 3.8) is 0 Å². The third kappa shape index (κ3) is 2.50. The molecule has 1 aromatic carbocycles. The van der Waals surface area contributed by atoms with Crippen LogP contribution in [0.15, 0.2) is 6.07 Å². The maximum absolute atomic E-state index is 13.0. The lowest BCUT2D eigenvalue weighted by Crippen LogP contribution is -2.15. The zero-order valence-corrected chi connectivity index (χ0v) is 8.41. The molecule has 1 rings (SSSR count).